The van der Waals surface area contributed by atoms with Crippen molar-refractivity contribution in [2.24, 2.45) is 17.6 Å². The number of hydrogen-bond acceptors (Lipinski definition) is 1. The first-order chi connectivity index (χ1) is 8.74. The summed E-state index contributed by atoms with van der Waals surface area (Å²) in [7, 11) is 0. The molecule has 1 unspecified atom stereocenters. The van der Waals surface area contributed by atoms with Crippen LogP contribution in [0, 0.1) is 11.8 Å². The van der Waals surface area contributed by atoms with Crippen LogP contribution in [-0.2, 0) is 13.0 Å². The van der Waals surface area contributed by atoms with Gasteiger partial charge in [0.05, 0.1) is 0 Å². The second-order valence-electron chi connectivity index (χ2n) is 6.49. The van der Waals surface area contributed by atoms with Crippen molar-refractivity contribution in [3.8, 4) is 0 Å². The van der Waals surface area contributed by atoms with E-state index >= 15 is 0 Å². The molecule has 100 valence electrons. The smallest absolute Gasteiger partial charge is 0.0312 e. The molecule has 1 saturated carbocycles. The third-order valence-electron chi connectivity index (χ3n) is 5.03. The van der Waals surface area contributed by atoms with Gasteiger partial charge in [0.25, 0.3) is 0 Å². The highest BCUT2D eigenvalue weighted by Gasteiger charge is 2.23. The van der Waals surface area contributed by atoms with Crippen molar-refractivity contribution in [2.75, 3.05) is 0 Å². The van der Waals surface area contributed by atoms with Gasteiger partial charge < -0.3 is 10.3 Å². The van der Waals surface area contributed by atoms with E-state index in [1.807, 2.05) is 0 Å². The van der Waals surface area contributed by atoms with Crippen LogP contribution in [-0.4, -0.2) is 4.57 Å². The zero-order valence-electron chi connectivity index (χ0n) is 11.6. The molecule has 0 bridgehead atoms. The van der Waals surface area contributed by atoms with Gasteiger partial charge in [-0.15, -0.1) is 0 Å². The van der Waals surface area contributed by atoms with Crippen molar-refractivity contribution in [1.29, 1.82) is 0 Å². The Hall–Kier alpha value is -0.760. The van der Waals surface area contributed by atoms with Crippen LogP contribution in [0.2, 0.25) is 0 Å². The summed E-state index contributed by atoms with van der Waals surface area (Å²) in [6, 6.07) is 2.56. The maximum Gasteiger partial charge on any atom is 0.0312 e. The second-order valence-corrected chi connectivity index (χ2v) is 6.49. The van der Waals surface area contributed by atoms with E-state index in [0.717, 1.165) is 18.3 Å². The number of rotatable bonds is 2. The van der Waals surface area contributed by atoms with E-state index in [1.165, 1.54) is 56.3 Å². The summed E-state index contributed by atoms with van der Waals surface area (Å²) in [5.74, 6) is 1.85. The van der Waals surface area contributed by atoms with E-state index in [4.69, 9.17) is 5.73 Å². The highest BCUT2D eigenvalue weighted by Crippen LogP contribution is 2.32. The lowest BCUT2D eigenvalue weighted by molar-refractivity contribution is 0.262. The van der Waals surface area contributed by atoms with Crippen LogP contribution < -0.4 is 5.73 Å². The fraction of sp³-hybridized carbons (Fsp3) is 0.750. The Labute approximate surface area is 111 Å². The molecule has 2 nitrogen and oxygen atoms in total. The second kappa shape index (κ2) is 5.08. The monoisotopic (exact) mass is 246 g/mol. The van der Waals surface area contributed by atoms with Crippen molar-refractivity contribution in [3.63, 3.8) is 0 Å². The van der Waals surface area contributed by atoms with Crippen LogP contribution >= 0.6 is 0 Å². The molecule has 3 rings (SSSR count). The predicted octanol–water partition coefficient (Wildman–Crippen LogP) is 3.65. The highest BCUT2D eigenvalue weighted by atomic mass is 15.0. The summed E-state index contributed by atoms with van der Waals surface area (Å²) in [4.78, 5) is 0. The first kappa shape index (κ1) is 12.3. The minimum Gasteiger partial charge on any atom is -0.351 e. The van der Waals surface area contributed by atoms with E-state index in [9.17, 15) is 0 Å². The van der Waals surface area contributed by atoms with Crippen molar-refractivity contribution >= 4 is 0 Å². The van der Waals surface area contributed by atoms with Gasteiger partial charge in [-0.3, -0.25) is 0 Å². The normalized spacial score (nSPS) is 32.2. The minimum absolute atomic E-state index is 0.293. The molecule has 0 amide bonds. The average Bonchev–Trinajstić information content (AvgIpc) is 2.77. The van der Waals surface area contributed by atoms with Crippen LogP contribution in [0.15, 0.2) is 12.3 Å². The maximum atomic E-state index is 6.20. The molecule has 18 heavy (non-hydrogen) atoms. The number of fused-ring (bicyclic) bond motifs is 1. The summed E-state index contributed by atoms with van der Waals surface area (Å²) in [5, 5.41) is 0. The first-order valence-corrected chi connectivity index (χ1v) is 7.67. The van der Waals surface area contributed by atoms with Gasteiger partial charge in [-0.05, 0) is 55.6 Å². The van der Waals surface area contributed by atoms with Crippen molar-refractivity contribution in [2.45, 2.75) is 64.5 Å². The molecule has 0 aliphatic heterocycles. The summed E-state index contributed by atoms with van der Waals surface area (Å²) in [6.45, 7) is 3.63. The molecule has 1 aromatic rings. The summed E-state index contributed by atoms with van der Waals surface area (Å²) in [5.41, 5.74) is 9.15. The molecule has 1 aromatic heterocycles. The maximum absolute atomic E-state index is 6.20. The molecule has 2 aliphatic carbocycles. The quantitative estimate of drug-likeness (QED) is 0.848. The van der Waals surface area contributed by atoms with Crippen LogP contribution in [0.4, 0.5) is 0 Å². The number of nitrogens with zero attached hydrogens (tertiary/aromatic N) is 1. The van der Waals surface area contributed by atoms with Gasteiger partial charge in [0.15, 0.2) is 0 Å². The molecule has 2 aliphatic rings. The largest absolute Gasteiger partial charge is 0.351 e. The molecule has 0 radical (unpaired) electrons. The summed E-state index contributed by atoms with van der Waals surface area (Å²) in [6.07, 6.45) is 11.6. The molecule has 0 aromatic carbocycles. The molecular weight excluding hydrogens is 220 g/mol. The fourth-order valence-electron chi connectivity index (χ4n) is 3.75. The number of aromatic nitrogens is 1. The van der Waals surface area contributed by atoms with Crippen molar-refractivity contribution in [3.05, 3.63) is 23.5 Å². The van der Waals surface area contributed by atoms with Crippen LogP contribution in [0.1, 0.15) is 62.7 Å². The Morgan fingerprint density at radius 3 is 2.78 bits per heavy atom. The zero-order valence-corrected chi connectivity index (χ0v) is 11.6. The van der Waals surface area contributed by atoms with E-state index < -0.39 is 0 Å². The standard InChI is InChI=1S/C16H26N2/c1-12-5-7-13(8-6-12)11-18-10-9-14-15(17)3-2-4-16(14)18/h9-10,12-13,15H,2-8,11,17H2,1H3. The Morgan fingerprint density at radius 1 is 1.22 bits per heavy atom. The molecule has 1 heterocycles. The van der Waals surface area contributed by atoms with Gasteiger partial charge in [-0.2, -0.15) is 0 Å². The van der Waals surface area contributed by atoms with Gasteiger partial charge in [0.2, 0.25) is 0 Å². The highest BCUT2D eigenvalue weighted by molar-refractivity contribution is 5.28. The summed E-state index contributed by atoms with van der Waals surface area (Å²) < 4.78 is 2.51. The van der Waals surface area contributed by atoms with Crippen LogP contribution in [0.25, 0.3) is 0 Å². The number of hydrogen-bond donors (Lipinski definition) is 1. The molecule has 1 atom stereocenters. The van der Waals surface area contributed by atoms with Crippen LogP contribution in [0.3, 0.4) is 0 Å². The molecule has 2 N–H and O–H groups in total. The van der Waals surface area contributed by atoms with Crippen molar-refractivity contribution < 1.29 is 0 Å². The van der Waals surface area contributed by atoms with Gasteiger partial charge in [0, 0.05) is 24.5 Å². The Bertz CT molecular complexity index is 399. The number of nitrogens with two attached hydrogens (primary N) is 1. The Balaban J connectivity index is 1.70. The third-order valence-corrected chi connectivity index (χ3v) is 5.03. The molecule has 2 heteroatoms. The molecular formula is C16H26N2. The molecule has 0 saturated heterocycles. The van der Waals surface area contributed by atoms with Gasteiger partial charge >= 0.3 is 0 Å². The van der Waals surface area contributed by atoms with Gasteiger partial charge in [-0.25, -0.2) is 0 Å². The molecule has 0 spiro atoms. The first-order valence-electron chi connectivity index (χ1n) is 7.67. The van der Waals surface area contributed by atoms with Gasteiger partial charge in [0.1, 0.15) is 0 Å². The lowest BCUT2D eigenvalue weighted by atomic mass is 9.83. The lowest BCUT2D eigenvalue weighted by Gasteiger charge is -2.28. The predicted molar refractivity (Wildman–Crippen MR) is 75.4 cm³/mol. The lowest BCUT2D eigenvalue weighted by Crippen LogP contribution is -2.21. The van der Waals surface area contributed by atoms with E-state index in [1.54, 1.807) is 0 Å². The van der Waals surface area contributed by atoms with Crippen LogP contribution in [0.5, 0.6) is 0 Å². The SMILES string of the molecule is CC1CCC(Cn2ccc3c2CCCC3N)CC1. The van der Waals surface area contributed by atoms with Gasteiger partial charge in [-0.1, -0.05) is 19.8 Å². The third kappa shape index (κ3) is 2.35. The Kier molecular flexibility index (Phi) is 3.47. The van der Waals surface area contributed by atoms with Crippen molar-refractivity contribution in [1.82, 2.24) is 4.57 Å². The zero-order chi connectivity index (χ0) is 12.5. The van der Waals surface area contributed by atoms with E-state index in [0.29, 0.717) is 6.04 Å². The minimum atomic E-state index is 0.293. The summed E-state index contributed by atoms with van der Waals surface area (Å²) >= 11 is 0. The Morgan fingerprint density at radius 2 is 2.00 bits per heavy atom. The molecule has 1 fully saturated rings. The van der Waals surface area contributed by atoms with E-state index in [-0.39, 0.29) is 0 Å². The topological polar surface area (TPSA) is 30.9 Å². The van der Waals surface area contributed by atoms with E-state index in [2.05, 4.69) is 23.8 Å². The average molecular weight is 246 g/mol. The fourth-order valence-corrected chi connectivity index (χ4v) is 3.75.